The van der Waals surface area contributed by atoms with E-state index in [1.165, 1.54) is 27.7 Å². The van der Waals surface area contributed by atoms with Crippen molar-refractivity contribution in [2.75, 3.05) is 0 Å². The Hall–Kier alpha value is 1.32. The molecule has 0 fully saturated rings. The van der Waals surface area contributed by atoms with Crippen LogP contribution in [-0.2, 0) is 9.53 Å². The van der Waals surface area contributed by atoms with Gasteiger partial charge in [0.1, 0.15) is 0 Å². The molecule has 338 valence electrons. The summed E-state index contributed by atoms with van der Waals surface area (Å²) >= 11 is 52.7. The van der Waals surface area contributed by atoms with Crippen LogP contribution in [0.25, 0.3) is 0 Å². The Morgan fingerprint density at radius 1 is 0.429 bits per heavy atom. The van der Waals surface area contributed by atoms with E-state index >= 15 is 0 Å². The normalized spacial score (nSPS) is 10.9. The lowest BCUT2D eigenvalue weighted by molar-refractivity contribution is 0.0441. The second kappa shape index (κ2) is 27.6. The van der Waals surface area contributed by atoms with Crippen molar-refractivity contribution < 1.29 is 53.3 Å². The second-order valence-corrected chi connectivity index (χ2v) is 23.9. The fraction of sp³-hybridized carbons (Fsp3) is 0.111. The van der Waals surface area contributed by atoms with E-state index in [0.717, 1.165) is 17.9 Å². The molecule has 0 atom stereocenters. The number of benzene rings is 4. The predicted molar refractivity (Wildman–Crippen MR) is 294 cm³/mol. The highest BCUT2D eigenvalue weighted by Gasteiger charge is 2.37. The highest BCUT2D eigenvalue weighted by atomic mass is 79.9. The number of ether oxygens (including phenoxy) is 1. The monoisotopic (exact) mass is 1890 g/mol. The van der Waals surface area contributed by atoms with Gasteiger partial charge in [-0.05, 0) is 289 Å². The van der Waals surface area contributed by atoms with Crippen LogP contribution in [0.4, 0.5) is 0 Å². The highest BCUT2D eigenvalue weighted by molar-refractivity contribution is 9.17. The van der Waals surface area contributed by atoms with Crippen molar-refractivity contribution in [3.63, 3.8) is 0 Å². The Labute approximate surface area is 492 Å². The molecule has 0 bridgehead atoms. The molecule has 1 aliphatic rings. The molecule has 0 amide bonds. The van der Waals surface area contributed by atoms with Crippen LogP contribution in [0.1, 0.15) is 100 Å². The molecule has 4 aromatic carbocycles. The number of halogens is 16. The number of hydrogen-bond donors (Lipinski definition) is 2. The SMILES string of the molecule is CC(=O)c1c(Br)c(Br)c(Br)c(Br)c1C(=O)O.CC(=O)c1c(Br)c(Br)c(Br)c(Br)c1C(C)=O.CC(=O)c1cc(Br)c(Br)c(Br)c1Br.O=C1OC(=O)c2c(Br)c(Br)c(Br)c(Br)c21.O=[C-]O. The van der Waals surface area contributed by atoms with Gasteiger partial charge < -0.3 is 19.7 Å². The number of rotatable bonds is 5. The Bertz CT molecular complexity index is 2400. The van der Waals surface area contributed by atoms with Crippen molar-refractivity contribution in [1.82, 2.24) is 0 Å². The van der Waals surface area contributed by atoms with Gasteiger partial charge in [-0.25, -0.2) is 14.4 Å². The predicted octanol–water partition coefficient (Wildman–Crippen LogP) is 18.4. The maximum atomic E-state index is 11.6. The first-order chi connectivity index (χ1) is 28.9. The molecule has 0 unspecified atom stereocenters. The average molecular weight is 1900 g/mol. The molecule has 0 spiro atoms. The smallest absolute Gasteiger partial charge is 0.348 e. The lowest BCUT2D eigenvalue weighted by Gasteiger charge is -2.13. The number of aromatic carboxylic acids is 1. The molecule has 2 N–H and O–H groups in total. The summed E-state index contributed by atoms with van der Waals surface area (Å²) in [6.45, 7) is 6.21. The number of carboxylic acids is 1. The van der Waals surface area contributed by atoms with E-state index in [2.05, 4.69) is 260 Å². The molecule has 1 aliphatic heterocycles. The lowest BCUT2D eigenvalue weighted by atomic mass is 10.0. The quantitative estimate of drug-likeness (QED) is 0.0484. The first-order valence-corrected chi connectivity index (χ1v) is 28.0. The summed E-state index contributed by atoms with van der Waals surface area (Å²) in [6, 6.07) is 1.78. The number of aliphatic hydroxyl groups excluding tert-OH is 1. The van der Waals surface area contributed by atoms with Crippen LogP contribution in [0.15, 0.2) is 77.6 Å². The number of Topliss-reactive ketones (excluding diaryl/α,β-unsaturated/α-hetero) is 4. The highest BCUT2D eigenvalue weighted by Crippen LogP contribution is 2.46. The summed E-state index contributed by atoms with van der Waals surface area (Å²) in [5.74, 6) is -3.06. The first-order valence-electron chi connectivity index (χ1n) is 15.3. The molecule has 0 aromatic heterocycles. The van der Waals surface area contributed by atoms with Crippen molar-refractivity contribution >= 4 is 302 Å². The van der Waals surface area contributed by atoms with Crippen LogP contribution in [0.2, 0.25) is 0 Å². The van der Waals surface area contributed by atoms with E-state index in [0.29, 0.717) is 76.8 Å². The van der Waals surface area contributed by atoms with E-state index in [9.17, 15) is 33.6 Å². The van der Waals surface area contributed by atoms with Gasteiger partial charge in [0.2, 0.25) is 0 Å². The van der Waals surface area contributed by atoms with Crippen molar-refractivity contribution in [1.29, 1.82) is 0 Å². The Balaban J connectivity index is 0.000000412. The van der Waals surface area contributed by atoms with Crippen molar-refractivity contribution in [2.45, 2.75) is 27.7 Å². The zero-order chi connectivity index (χ0) is 49.4. The molecule has 27 heteroatoms. The van der Waals surface area contributed by atoms with Crippen LogP contribution < -0.4 is 0 Å². The maximum absolute atomic E-state index is 11.6. The number of cyclic esters (lactones) is 2. The topological polar surface area (TPSA) is 186 Å². The van der Waals surface area contributed by atoms with Gasteiger partial charge in [0.25, 0.3) is 0 Å². The number of ketones is 4. The third-order valence-corrected chi connectivity index (χ3v) is 26.1. The molecule has 11 nitrogen and oxygen atoms in total. The van der Waals surface area contributed by atoms with Gasteiger partial charge in [-0.3, -0.25) is 19.2 Å². The summed E-state index contributed by atoms with van der Waals surface area (Å²) in [5.41, 5.74) is 1.97. The van der Waals surface area contributed by atoms with Gasteiger partial charge in [0, 0.05) is 93.8 Å². The minimum atomic E-state index is -1.16. The molecule has 0 saturated heterocycles. The molecule has 0 aliphatic carbocycles. The van der Waals surface area contributed by atoms with Crippen molar-refractivity contribution in [3.05, 3.63) is 117 Å². The van der Waals surface area contributed by atoms with Gasteiger partial charge in [0.05, 0.1) is 16.7 Å². The summed E-state index contributed by atoms with van der Waals surface area (Å²) in [7, 11) is 0. The van der Waals surface area contributed by atoms with Crippen molar-refractivity contribution in [3.8, 4) is 0 Å². The van der Waals surface area contributed by atoms with Gasteiger partial charge in [-0.1, -0.05) is 6.47 Å². The molecular formula is C36H15Br16O11-. The van der Waals surface area contributed by atoms with E-state index in [4.69, 9.17) is 15.0 Å². The fourth-order valence-electron chi connectivity index (χ4n) is 4.49. The fourth-order valence-corrected chi connectivity index (χ4v) is 14.5. The zero-order valence-electron chi connectivity index (χ0n) is 30.7. The maximum Gasteiger partial charge on any atom is 0.348 e. The third kappa shape index (κ3) is 15.2. The van der Waals surface area contributed by atoms with Gasteiger partial charge in [-0.15, -0.1) is 0 Å². The number of hydrogen-bond acceptors (Lipinski definition) is 9. The lowest BCUT2D eigenvalue weighted by Crippen LogP contribution is -2.09. The third-order valence-electron chi connectivity index (χ3n) is 7.15. The van der Waals surface area contributed by atoms with Crippen LogP contribution in [-0.4, -0.2) is 57.7 Å². The largest absolute Gasteiger partial charge is 0.665 e. The zero-order valence-corrected chi connectivity index (χ0v) is 56.1. The number of carbonyl (C=O) groups excluding carboxylic acids is 6. The summed E-state index contributed by atoms with van der Waals surface area (Å²) in [5, 5.41) is 15.9. The summed E-state index contributed by atoms with van der Waals surface area (Å²) in [4.78, 5) is 87.9. The Morgan fingerprint density at radius 2 is 0.683 bits per heavy atom. The molecule has 0 saturated carbocycles. The first kappa shape index (κ1) is 62.3. The average Bonchev–Trinajstić information content (AvgIpc) is 3.50. The molecule has 0 radical (unpaired) electrons. The van der Waals surface area contributed by atoms with Crippen LogP contribution >= 0.6 is 255 Å². The summed E-state index contributed by atoms with van der Waals surface area (Å²) < 4.78 is 14.7. The number of fused-ring (bicyclic) bond motifs is 1. The Kier molecular flexibility index (Phi) is 27.4. The van der Waals surface area contributed by atoms with Crippen LogP contribution in [0, 0.1) is 0 Å². The minimum absolute atomic E-state index is 0.0285. The number of carbonyl (C=O) groups is 7. The van der Waals surface area contributed by atoms with E-state index in [1.807, 2.05) is 0 Å². The van der Waals surface area contributed by atoms with Crippen molar-refractivity contribution in [2.24, 2.45) is 0 Å². The van der Waals surface area contributed by atoms with E-state index in [1.54, 1.807) is 6.07 Å². The van der Waals surface area contributed by atoms with Gasteiger partial charge >= 0.3 is 17.9 Å². The molecule has 5 rings (SSSR count). The minimum Gasteiger partial charge on any atom is -0.665 e. The Morgan fingerprint density at radius 3 is 0.952 bits per heavy atom. The molecular weight excluding hydrogens is 1890 g/mol. The standard InChI is InChI=1S/C10H6Br4O2.C9H4Br4O3.C8Br4O3.C8H4Br4O.CHO2/c1-3(15)5-6(4(2)16)8(12)10(14)9(13)7(5)11;1-2(14)3-4(9(15)16)6(11)8(13)7(12)5(3)10;9-3-1-2(8(14)15-7(1)13)4(10)6(12)5(3)11;1-3(13)4-2-5(9)7(11)8(12)6(4)10;2-1-3/h1-2H3;1H3,(H,15,16);;2H,1H3;(H,2,3)/q;;;;-1. The molecule has 63 heavy (non-hydrogen) atoms. The number of esters is 2. The van der Waals surface area contributed by atoms with Crippen LogP contribution in [0.5, 0.6) is 0 Å². The number of carboxylic acid groups (broad SMARTS) is 1. The van der Waals surface area contributed by atoms with Crippen LogP contribution in [0.3, 0.4) is 0 Å². The van der Waals surface area contributed by atoms with Gasteiger partial charge in [0.15, 0.2) is 23.1 Å². The summed E-state index contributed by atoms with van der Waals surface area (Å²) in [6.07, 6.45) is 0. The second-order valence-electron chi connectivity index (χ2n) is 11.2. The van der Waals surface area contributed by atoms with Gasteiger partial charge in [-0.2, -0.15) is 0 Å². The molecule has 1 heterocycles. The van der Waals surface area contributed by atoms with E-state index in [-0.39, 0.29) is 45.4 Å². The van der Waals surface area contributed by atoms with E-state index < -0.39 is 17.9 Å². The molecule has 4 aromatic rings.